The van der Waals surface area contributed by atoms with Gasteiger partial charge in [-0.05, 0) is 24.1 Å². The molecule has 0 aromatic heterocycles. The van der Waals surface area contributed by atoms with E-state index in [1.165, 1.54) is 0 Å². The molecule has 0 saturated carbocycles. The molecule has 16 heavy (non-hydrogen) atoms. The van der Waals surface area contributed by atoms with Gasteiger partial charge in [-0.15, -0.1) is 0 Å². The van der Waals surface area contributed by atoms with E-state index in [9.17, 15) is 9.90 Å². The van der Waals surface area contributed by atoms with Gasteiger partial charge in [0.1, 0.15) is 5.75 Å². The molecular weight excluding hydrogens is 204 g/mol. The third-order valence-electron chi connectivity index (χ3n) is 2.06. The maximum Gasteiger partial charge on any atom is 0.224 e. The van der Waals surface area contributed by atoms with E-state index in [0.29, 0.717) is 19.4 Å². The van der Waals surface area contributed by atoms with Gasteiger partial charge in [0.15, 0.2) is 0 Å². The molecule has 1 rings (SSSR count). The third kappa shape index (κ3) is 4.47. The van der Waals surface area contributed by atoms with Crippen molar-refractivity contribution in [2.24, 2.45) is 0 Å². The van der Waals surface area contributed by atoms with Crippen molar-refractivity contribution in [3.63, 3.8) is 0 Å². The zero-order chi connectivity index (χ0) is 11.8. The Morgan fingerprint density at radius 1 is 1.50 bits per heavy atom. The van der Waals surface area contributed by atoms with Gasteiger partial charge in [-0.1, -0.05) is 12.1 Å². The highest BCUT2D eigenvalue weighted by molar-refractivity contribution is 5.78. The Bertz CT molecular complexity index is 396. The molecule has 0 bridgehead atoms. The predicted molar refractivity (Wildman–Crippen MR) is 59.7 cm³/mol. The summed E-state index contributed by atoms with van der Waals surface area (Å²) in [5.41, 5.74) is 0.776. The highest BCUT2D eigenvalue weighted by atomic mass is 16.3. The molecule has 1 aromatic carbocycles. The fraction of sp³-hybridized carbons (Fsp3) is 0.333. The molecule has 0 aliphatic carbocycles. The van der Waals surface area contributed by atoms with Crippen LogP contribution in [0.25, 0.3) is 0 Å². The van der Waals surface area contributed by atoms with Crippen molar-refractivity contribution in [3.8, 4) is 11.8 Å². The van der Waals surface area contributed by atoms with Crippen LogP contribution in [-0.2, 0) is 11.2 Å². The summed E-state index contributed by atoms with van der Waals surface area (Å²) < 4.78 is 0. The molecule has 0 aliphatic rings. The number of rotatable bonds is 5. The average molecular weight is 218 g/mol. The molecule has 4 heteroatoms. The molecule has 0 atom stereocenters. The monoisotopic (exact) mass is 218 g/mol. The van der Waals surface area contributed by atoms with Crippen LogP contribution in [0.4, 0.5) is 0 Å². The molecule has 0 radical (unpaired) electrons. The second-order valence-corrected chi connectivity index (χ2v) is 3.46. The molecular formula is C12H14N2O2. The summed E-state index contributed by atoms with van der Waals surface area (Å²) in [7, 11) is 0. The lowest BCUT2D eigenvalue weighted by atomic mass is 10.1. The Kier molecular flexibility index (Phi) is 4.87. The normalized spacial score (nSPS) is 9.44. The first-order valence-electron chi connectivity index (χ1n) is 5.14. The summed E-state index contributed by atoms with van der Waals surface area (Å²) in [6.45, 7) is 0.519. The second kappa shape index (κ2) is 6.46. The van der Waals surface area contributed by atoms with E-state index in [1.54, 1.807) is 24.3 Å². The van der Waals surface area contributed by atoms with E-state index in [2.05, 4.69) is 5.32 Å². The smallest absolute Gasteiger partial charge is 0.224 e. The summed E-state index contributed by atoms with van der Waals surface area (Å²) in [6, 6.07) is 8.63. The minimum absolute atomic E-state index is 0.0939. The molecule has 0 unspecified atom stereocenters. The highest BCUT2D eigenvalue weighted by Gasteiger charge is 2.02. The largest absolute Gasteiger partial charge is 0.508 e. The minimum Gasteiger partial charge on any atom is -0.508 e. The Morgan fingerprint density at radius 3 is 3.00 bits per heavy atom. The SMILES string of the molecule is N#CCCCNC(=O)Cc1cccc(O)c1. The fourth-order valence-electron chi connectivity index (χ4n) is 1.31. The Morgan fingerprint density at radius 2 is 2.31 bits per heavy atom. The van der Waals surface area contributed by atoms with E-state index in [1.807, 2.05) is 6.07 Å². The number of nitriles is 1. The number of aromatic hydroxyl groups is 1. The predicted octanol–water partition coefficient (Wildman–Crippen LogP) is 1.35. The van der Waals surface area contributed by atoms with Crippen LogP contribution in [0.15, 0.2) is 24.3 Å². The van der Waals surface area contributed by atoms with Gasteiger partial charge in [0, 0.05) is 13.0 Å². The summed E-state index contributed by atoms with van der Waals surface area (Å²) in [5, 5.41) is 20.2. The van der Waals surface area contributed by atoms with Gasteiger partial charge in [0.05, 0.1) is 12.5 Å². The van der Waals surface area contributed by atoms with Crippen molar-refractivity contribution in [3.05, 3.63) is 29.8 Å². The molecule has 0 heterocycles. The first-order valence-corrected chi connectivity index (χ1v) is 5.14. The molecule has 1 aromatic rings. The number of unbranched alkanes of at least 4 members (excludes halogenated alkanes) is 1. The van der Waals surface area contributed by atoms with Gasteiger partial charge >= 0.3 is 0 Å². The van der Waals surface area contributed by atoms with Crippen LogP contribution in [0.2, 0.25) is 0 Å². The number of phenolic OH excluding ortho intramolecular Hbond substituents is 1. The Balaban J connectivity index is 2.32. The van der Waals surface area contributed by atoms with E-state index in [4.69, 9.17) is 5.26 Å². The number of hydrogen-bond donors (Lipinski definition) is 2. The molecule has 0 spiro atoms. The van der Waals surface area contributed by atoms with Crippen LogP contribution in [0.5, 0.6) is 5.75 Å². The molecule has 0 saturated heterocycles. The molecule has 0 fully saturated rings. The van der Waals surface area contributed by atoms with E-state index in [0.717, 1.165) is 5.56 Å². The van der Waals surface area contributed by atoms with Crippen molar-refractivity contribution < 1.29 is 9.90 Å². The van der Waals surface area contributed by atoms with Gasteiger partial charge < -0.3 is 10.4 Å². The number of carbonyl (C=O) groups is 1. The highest BCUT2D eigenvalue weighted by Crippen LogP contribution is 2.11. The third-order valence-corrected chi connectivity index (χ3v) is 2.06. The van der Waals surface area contributed by atoms with Gasteiger partial charge in [-0.2, -0.15) is 5.26 Å². The van der Waals surface area contributed by atoms with Gasteiger partial charge in [0.2, 0.25) is 5.91 Å². The van der Waals surface area contributed by atoms with Crippen LogP contribution in [-0.4, -0.2) is 17.6 Å². The number of carbonyl (C=O) groups excluding carboxylic acids is 1. The lowest BCUT2D eigenvalue weighted by Crippen LogP contribution is -2.25. The van der Waals surface area contributed by atoms with Crippen molar-refractivity contribution in [1.82, 2.24) is 5.32 Å². The first kappa shape index (κ1) is 12.1. The maximum absolute atomic E-state index is 11.4. The molecule has 1 amide bonds. The van der Waals surface area contributed by atoms with E-state index in [-0.39, 0.29) is 18.1 Å². The number of hydrogen-bond acceptors (Lipinski definition) is 3. The van der Waals surface area contributed by atoms with Gasteiger partial charge in [-0.25, -0.2) is 0 Å². The average Bonchev–Trinajstić information content (AvgIpc) is 2.24. The summed E-state index contributed by atoms with van der Waals surface area (Å²) in [4.78, 5) is 11.4. The lowest BCUT2D eigenvalue weighted by Gasteiger charge is -2.04. The van der Waals surface area contributed by atoms with Crippen LogP contribution < -0.4 is 5.32 Å². The fourth-order valence-corrected chi connectivity index (χ4v) is 1.31. The van der Waals surface area contributed by atoms with E-state index >= 15 is 0 Å². The summed E-state index contributed by atoms with van der Waals surface area (Å²) in [5.74, 6) is 0.0679. The molecule has 2 N–H and O–H groups in total. The molecule has 84 valence electrons. The molecule has 0 aliphatic heterocycles. The van der Waals surface area contributed by atoms with Crippen molar-refractivity contribution in [2.45, 2.75) is 19.3 Å². The number of benzene rings is 1. The van der Waals surface area contributed by atoms with Crippen LogP contribution in [0.1, 0.15) is 18.4 Å². The topological polar surface area (TPSA) is 73.1 Å². The number of phenols is 1. The number of nitrogens with zero attached hydrogens (tertiary/aromatic N) is 1. The Hall–Kier alpha value is -2.02. The Labute approximate surface area is 94.5 Å². The number of amides is 1. The summed E-state index contributed by atoms with van der Waals surface area (Å²) in [6.07, 6.45) is 1.37. The van der Waals surface area contributed by atoms with Gasteiger partial charge in [-0.3, -0.25) is 4.79 Å². The van der Waals surface area contributed by atoms with Gasteiger partial charge in [0.25, 0.3) is 0 Å². The quantitative estimate of drug-likeness (QED) is 0.733. The number of nitrogens with one attached hydrogen (secondary N) is 1. The standard InChI is InChI=1S/C12H14N2O2/c13-6-1-2-7-14-12(16)9-10-4-3-5-11(15)8-10/h3-5,8,15H,1-2,7,9H2,(H,14,16). The summed E-state index contributed by atoms with van der Waals surface area (Å²) >= 11 is 0. The van der Waals surface area contributed by atoms with Crippen molar-refractivity contribution in [2.75, 3.05) is 6.54 Å². The van der Waals surface area contributed by atoms with Crippen molar-refractivity contribution >= 4 is 5.91 Å². The van der Waals surface area contributed by atoms with Crippen molar-refractivity contribution in [1.29, 1.82) is 5.26 Å². The minimum atomic E-state index is -0.0939. The molecule has 4 nitrogen and oxygen atoms in total. The zero-order valence-corrected chi connectivity index (χ0v) is 8.94. The zero-order valence-electron chi connectivity index (χ0n) is 8.94. The van der Waals surface area contributed by atoms with Crippen LogP contribution >= 0.6 is 0 Å². The van der Waals surface area contributed by atoms with Crippen LogP contribution in [0.3, 0.4) is 0 Å². The van der Waals surface area contributed by atoms with Crippen LogP contribution in [0, 0.1) is 11.3 Å². The maximum atomic E-state index is 11.4. The van der Waals surface area contributed by atoms with E-state index < -0.39 is 0 Å². The first-order chi connectivity index (χ1) is 7.72. The second-order valence-electron chi connectivity index (χ2n) is 3.46. The lowest BCUT2D eigenvalue weighted by molar-refractivity contribution is -0.120.